The molecule has 1 aromatic carbocycles. The summed E-state index contributed by atoms with van der Waals surface area (Å²) in [7, 11) is 0. The monoisotopic (exact) mass is 226 g/mol. The van der Waals surface area contributed by atoms with Gasteiger partial charge < -0.3 is 10.5 Å². The van der Waals surface area contributed by atoms with Crippen LogP contribution in [0.4, 0.5) is 0 Å². The zero-order valence-corrected chi connectivity index (χ0v) is 9.68. The van der Waals surface area contributed by atoms with Crippen molar-refractivity contribution in [2.75, 3.05) is 0 Å². The molecular weight excluding hydrogens is 212 g/mol. The van der Waals surface area contributed by atoms with E-state index in [-0.39, 0.29) is 0 Å². The van der Waals surface area contributed by atoms with Gasteiger partial charge >= 0.3 is 0 Å². The summed E-state index contributed by atoms with van der Waals surface area (Å²) in [6.45, 7) is 5.68. The molecule has 0 bridgehead atoms. The lowest BCUT2D eigenvalue weighted by atomic mass is 10.2. The van der Waals surface area contributed by atoms with E-state index in [9.17, 15) is 0 Å². The lowest BCUT2D eigenvalue weighted by molar-refractivity contribution is 0.463. The zero-order valence-electron chi connectivity index (χ0n) is 9.68. The Morgan fingerprint density at radius 2 is 1.88 bits per heavy atom. The molecule has 0 aliphatic heterocycles. The molecule has 0 amide bonds. The van der Waals surface area contributed by atoms with Gasteiger partial charge in [0.05, 0.1) is 0 Å². The van der Waals surface area contributed by atoms with Crippen LogP contribution in [-0.2, 0) is 0 Å². The van der Waals surface area contributed by atoms with Gasteiger partial charge in [0.15, 0.2) is 0 Å². The standard InChI is InChI=1S/C14H14N2O/c1-10-3-6-13(7-4-10)17-14-8-5-12(9-16-14)11(2)15/h3-9H,2,15H2,1H3. The summed E-state index contributed by atoms with van der Waals surface area (Å²) in [6.07, 6.45) is 1.64. The van der Waals surface area contributed by atoms with Gasteiger partial charge in [-0.25, -0.2) is 4.98 Å². The average molecular weight is 226 g/mol. The van der Waals surface area contributed by atoms with Gasteiger partial charge in [0.1, 0.15) is 5.75 Å². The van der Waals surface area contributed by atoms with Crippen molar-refractivity contribution >= 4 is 5.70 Å². The second-order valence-electron chi connectivity index (χ2n) is 3.83. The van der Waals surface area contributed by atoms with E-state index in [1.54, 1.807) is 12.3 Å². The third-order valence-corrected chi connectivity index (χ3v) is 2.35. The first-order chi connectivity index (χ1) is 8.15. The molecule has 2 N–H and O–H groups in total. The van der Waals surface area contributed by atoms with Gasteiger partial charge in [0.2, 0.25) is 5.88 Å². The van der Waals surface area contributed by atoms with Crippen LogP contribution in [0.2, 0.25) is 0 Å². The molecule has 17 heavy (non-hydrogen) atoms. The molecule has 0 aliphatic rings. The molecule has 0 fully saturated rings. The number of rotatable bonds is 3. The number of nitrogens with two attached hydrogens (primary N) is 1. The molecule has 0 aliphatic carbocycles. The Kier molecular flexibility index (Phi) is 3.10. The summed E-state index contributed by atoms with van der Waals surface area (Å²) in [5.41, 5.74) is 8.06. The minimum Gasteiger partial charge on any atom is -0.439 e. The van der Waals surface area contributed by atoms with Gasteiger partial charge in [-0.15, -0.1) is 0 Å². The van der Waals surface area contributed by atoms with E-state index in [0.29, 0.717) is 11.6 Å². The maximum absolute atomic E-state index is 5.59. The summed E-state index contributed by atoms with van der Waals surface area (Å²) in [6, 6.07) is 11.4. The molecule has 86 valence electrons. The third-order valence-electron chi connectivity index (χ3n) is 2.35. The van der Waals surface area contributed by atoms with E-state index in [2.05, 4.69) is 11.6 Å². The van der Waals surface area contributed by atoms with Gasteiger partial charge in [-0.2, -0.15) is 0 Å². The molecule has 2 aromatic rings. The fourth-order valence-electron chi connectivity index (χ4n) is 1.36. The second-order valence-corrected chi connectivity index (χ2v) is 3.83. The fourth-order valence-corrected chi connectivity index (χ4v) is 1.36. The summed E-state index contributed by atoms with van der Waals surface area (Å²) < 4.78 is 5.59. The highest BCUT2D eigenvalue weighted by Crippen LogP contribution is 2.20. The smallest absolute Gasteiger partial charge is 0.219 e. The largest absolute Gasteiger partial charge is 0.439 e. The highest BCUT2D eigenvalue weighted by molar-refractivity contribution is 5.59. The minimum atomic E-state index is 0.499. The minimum absolute atomic E-state index is 0.499. The summed E-state index contributed by atoms with van der Waals surface area (Å²) >= 11 is 0. The van der Waals surface area contributed by atoms with Crippen LogP contribution >= 0.6 is 0 Å². The Morgan fingerprint density at radius 3 is 2.41 bits per heavy atom. The van der Waals surface area contributed by atoms with Crippen LogP contribution in [0, 0.1) is 6.92 Å². The predicted molar refractivity (Wildman–Crippen MR) is 68.7 cm³/mol. The molecule has 0 unspecified atom stereocenters. The number of pyridine rings is 1. The number of aromatic nitrogens is 1. The van der Waals surface area contributed by atoms with Crippen LogP contribution in [0.25, 0.3) is 5.70 Å². The van der Waals surface area contributed by atoms with E-state index in [1.165, 1.54) is 5.56 Å². The molecular formula is C14H14N2O. The highest BCUT2D eigenvalue weighted by Gasteiger charge is 1.99. The highest BCUT2D eigenvalue weighted by atomic mass is 16.5. The van der Waals surface area contributed by atoms with Crippen molar-refractivity contribution in [2.45, 2.75) is 6.92 Å². The SMILES string of the molecule is C=C(N)c1ccc(Oc2ccc(C)cc2)nc1. The molecule has 3 nitrogen and oxygen atoms in total. The first-order valence-electron chi connectivity index (χ1n) is 5.30. The van der Waals surface area contributed by atoms with Crippen LogP contribution in [-0.4, -0.2) is 4.98 Å². The van der Waals surface area contributed by atoms with E-state index >= 15 is 0 Å². The second kappa shape index (κ2) is 4.70. The molecule has 0 atom stereocenters. The summed E-state index contributed by atoms with van der Waals surface area (Å²) in [4.78, 5) is 4.15. The number of aryl methyl sites for hydroxylation is 1. The van der Waals surface area contributed by atoms with Crippen LogP contribution < -0.4 is 10.5 Å². The molecule has 2 rings (SSSR count). The van der Waals surface area contributed by atoms with Gasteiger partial charge in [-0.05, 0) is 25.1 Å². The fraction of sp³-hybridized carbons (Fsp3) is 0.0714. The number of nitrogens with zero attached hydrogens (tertiary/aromatic N) is 1. The first kappa shape index (κ1) is 11.2. The Hall–Kier alpha value is -2.29. The quantitative estimate of drug-likeness (QED) is 0.874. The van der Waals surface area contributed by atoms with E-state index in [0.717, 1.165) is 11.3 Å². The molecule has 0 saturated heterocycles. The number of benzene rings is 1. The topological polar surface area (TPSA) is 48.1 Å². The van der Waals surface area contributed by atoms with Crippen molar-refractivity contribution < 1.29 is 4.74 Å². The van der Waals surface area contributed by atoms with Crippen LogP contribution in [0.1, 0.15) is 11.1 Å². The molecule has 0 radical (unpaired) electrons. The third kappa shape index (κ3) is 2.84. The molecule has 3 heteroatoms. The van der Waals surface area contributed by atoms with Crippen molar-refractivity contribution in [3.05, 3.63) is 60.3 Å². The predicted octanol–water partition coefficient (Wildman–Crippen LogP) is 3.11. The van der Waals surface area contributed by atoms with Gasteiger partial charge in [0, 0.05) is 23.5 Å². The molecule has 0 saturated carbocycles. The Labute approximate surface area is 101 Å². The van der Waals surface area contributed by atoms with E-state index in [1.807, 2.05) is 37.3 Å². The lowest BCUT2D eigenvalue weighted by Crippen LogP contribution is -1.95. The zero-order chi connectivity index (χ0) is 12.3. The van der Waals surface area contributed by atoms with E-state index < -0.39 is 0 Å². The molecule has 1 aromatic heterocycles. The normalized spacial score (nSPS) is 9.94. The first-order valence-corrected chi connectivity index (χ1v) is 5.30. The number of ether oxygens (including phenoxy) is 1. The molecule has 1 heterocycles. The Bertz CT molecular complexity index is 515. The van der Waals surface area contributed by atoms with Crippen molar-refractivity contribution in [3.8, 4) is 11.6 Å². The maximum atomic E-state index is 5.59. The lowest BCUT2D eigenvalue weighted by Gasteiger charge is -2.05. The van der Waals surface area contributed by atoms with Gasteiger partial charge in [-0.1, -0.05) is 24.3 Å². The van der Waals surface area contributed by atoms with Crippen LogP contribution in [0.3, 0.4) is 0 Å². The Morgan fingerprint density at radius 1 is 1.18 bits per heavy atom. The number of hydrogen-bond acceptors (Lipinski definition) is 3. The van der Waals surface area contributed by atoms with Gasteiger partial charge in [-0.3, -0.25) is 0 Å². The van der Waals surface area contributed by atoms with Crippen molar-refractivity contribution in [1.29, 1.82) is 0 Å². The number of hydrogen-bond donors (Lipinski definition) is 1. The Balaban J connectivity index is 2.13. The molecule has 0 spiro atoms. The summed E-state index contributed by atoms with van der Waals surface area (Å²) in [5.74, 6) is 1.31. The summed E-state index contributed by atoms with van der Waals surface area (Å²) in [5, 5.41) is 0. The van der Waals surface area contributed by atoms with E-state index in [4.69, 9.17) is 10.5 Å². The van der Waals surface area contributed by atoms with Crippen molar-refractivity contribution in [3.63, 3.8) is 0 Å². The van der Waals surface area contributed by atoms with Crippen molar-refractivity contribution in [1.82, 2.24) is 4.98 Å². The van der Waals surface area contributed by atoms with Crippen LogP contribution in [0.15, 0.2) is 49.2 Å². The van der Waals surface area contributed by atoms with Crippen LogP contribution in [0.5, 0.6) is 11.6 Å². The van der Waals surface area contributed by atoms with Crippen molar-refractivity contribution in [2.24, 2.45) is 5.73 Å². The maximum Gasteiger partial charge on any atom is 0.219 e. The average Bonchev–Trinajstić information content (AvgIpc) is 2.33. The van der Waals surface area contributed by atoms with Gasteiger partial charge in [0.25, 0.3) is 0 Å².